The summed E-state index contributed by atoms with van der Waals surface area (Å²) in [6.07, 6.45) is 1.55. The fraction of sp³-hybridized carbons (Fsp3) is 0.385. The van der Waals surface area contributed by atoms with Gasteiger partial charge in [0.05, 0.1) is 12.7 Å². The summed E-state index contributed by atoms with van der Waals surface area (Å²) in [5, 5.41) is 8.06. The van der Waals surface area contributed by atoms with Crippen molar-refractivity contribution >= 4 is 0 Å². The molecule has 0 amide bonds. The van der Waals surface area contributed by atoms with Crippen LogP contribution in [0, 0.1) is 6.92 Å². The van der Waals surface area contributed by atoms with Crippen LogP contribution in [-0.4, -0.2) is 23.9 Å². The van der Waals surface area contributed by atoms with Gasteiger partial charge >= 0.3 is 0 Å². The van der Waals surface area contributed by atoms with Gasteiger partial charge < -0.3 is 14.9 Å². The Bertz CT molecular complexity index is 523. The van der Waals surface area contributed by atoms with Crippen molar-refractivity contribution in [2.45, 2.75) is 19.8 Å². The number of hydrogen-bond acceptors (Lipinski definition) is 5. The van der Waals surface area contributed by atoms with Crippen LogP contribution in [0.2, 0.25) is 0 Å². The minimum atomic E-state index is 0.488. The van der Waals surface area contributed by atoms with Crippen molar-refractivity contribution < 1.29 is 9.15 Å². The minimum absolute atomic E-state index is 0.488. The first-order valence-electron chi connectivity index (χ1n) is 5.92. The molecule has 2 N–H and O–H groups in total. The van der Waals surface area contributed by atoms with Gasteiger partial charge in [-0.25, -0.2) is 0 Å². The molecule has 1 aromatic heterocycles. The number of nitrogens with two attached hydrogens (primary N) is 1. The maximum absolute atomic E-state index is 5.61. The van der Waals surface area contributed by atoms with Crippen molar-refractivity contribution in [3.05, 3.63) is 29.7 Å². The molecule has 5 nitrogen and oxygen atoms in total. The Labute approximate surface area is 106 Å². The molecule has 0 aliphatic heterocycles. The molecule has 0 saturated carbocycles. The standard InChI is InChI=1S/C13H17N3O2/c1-9-5-6-11(17-2)10(8-9)13-16-15-12(18-13)4-3-7-14/h5-6,8H,3-4,7,14H2,1-2H3. The van der Waals surface area contributed by atoms with Crippen LogP contribution in [0.25, 0.3) is 11.5 Å². The third kappa shape index (κ3) is 2.68. The van der Waals surface area contributed by atoms with Gasteiger partial charge in [0.15, 0.2) is 0 Å². The molecule has 0 aliphatic carbocycles. The number of aryl methyl sites for hydroxylation is 2. The number of nitrogens with zero attached hydrogens (tertiary/aromatic N) is 2. The van der Waals surface area contributed by atoms with E-state index in [0.717, 1.165) is 23.3 Å². The molecule has 0 spiro atoms. The predicted molar refractivity (Wildman–Crippen MR) is 68.4 cm³/mol. The number of aromatic nitrogens is 2. The molecule has 0 aliphatic rings. The van der Waals surface area contributed by atoms with Crippen molar-refractivity contribution in [3.63, 3.8) is 0 Å². The first kappa shape index (κ1) is 12.6. The summed E-state index contributed by atoms with van der Waals surface area (Å²) in [6, 6.07) is 5.85. The van der Waals surface area contributed by atoms with E-state index in [9.17, 15) is 0 Å². The van der Waals surface area contributed by atoms with Gasteiger partial charge in [0.25, 0.3) is 5.89 Å². The van der Waals surface area contributed by atoms with Gasteiger partial charge in [-0.1, -0.05) is 11.6 Å². The molecular weight excluding hydrogens is 230 g/mol. The molecule has 96 valence electrons. The zero-order valence-electron chi connectivity index (χ0n) is 10.6. The summed E-state index contributed by atoms with van der Waals surface area (Å²) in [4.78, 5) is 0. The van der Waals surface area contributed by atoms with E-state index in [0.29, 0.717) is 24.7 Å². The maximum atomic E-state index is 5.61. The molecule has 0 atom stereocenters. The Kier molecular flexibility index (Phi) is 3.94. The van der Waals surface area contributed by atoms with Crippen LogP contribution < -0.4 is 10.5 Å². The topological polar surface area (TPSA) is 74.2 Å². The minimum Gasteiger partial charge on any atom is -0.496 e. The van der Waals surface area contributed by atoms with Crippen molar-refractivity contribution in [2.24, 2.45) is 5.73 Å². The lowest BCUT2D eigenvalue weighted by Crippen LogP contribution is -2.00. The smallest absolute Gasteiger partial charge is 0.251 e. The van der Waals surface area contributed by atoms with Gasteiger partial charge in [-0.15, -0.1) is 10.2 Å². The van der Waals surface area contributed by atoms with E-state index in [1.54, 1.807) is 7.11 Å². The number of ether oxygens (including phenoxy) is 1. The third-order valence-electron chi connectivity index (χ3n) is 2.65. The summed E-state index contributed by atoms with van der Waals surface area (Å²) in [5.74, 6) is 1.83. The van der Waals surface area contributed by atoms with Gasteiger partial charge in [0.1, 0.15) is 5.75 Å². The Morgan fingerprint density at radius 1 is 1.33 bits per heavy atom. The van der Waals surface area contributed by atoms with E-state index in [-0.39, 0.29) is 0 Å². The van der Waals surface area contributed by atoms with Crippen molar-refractivity contribution in [2.75, 3.05) is 13.7 Å². The van der Waals surface area contributed by atoms with Gasteiger partial charge in [-0.2, -0.15) is 0 Å². The van der Waals surface area contributed by atoms with Crippen LogP contribution in [0.1, 0.15) is 17.9 Å². The second kappa shape index (κ2) is 5.64. The summed E-state index contributed by atoms with van der Waals surface area (Å²) in [6.45, 7) is 2.63. The predicted octanol–water partition coefficient (Wildman–Crippen LogP) is 1.94. The lowest BCUT2D eigenvalue weighted by Gasteiger charge is -2.05. The molecule has 0 radical (unpaired) electrons. The van der Waals surface area contributed by atoms with Crippen LogP contribution in [0.3, 0.4) is 0 Å². The maximum Gasteiger partial charge on any atom is 0.251 e. The highest BCUT2D eigenvalue weighted by atomic mass is 16.5. The van der Waals surface area contributed by atoms with Crippen LogP contribution >= 0.6 is 0 Å². The SMILES string of the molecule is COc1ccc(C)cc1-c1nnc(CCCN)o1. The Balaban J connectivity index is 2.30. The summed E-state index contributed by atoms with van der Waals surface area (Å²) in [7, 11) is 1.62. The van der Waals surface area contributed by atoms with Crippen molar-refractivity contribution in [1.82, 2.24) is 10.2 Å². The van der Waals surface area contributed by atoms with Crippen molar-refractivity contribution in [1.29, 1.82) is 0 Å². The number of rotatable bonds is 5. The largest absolute Gasteiger partial charge is 0.496 e. The summed E-state index contributed by atoms with van der Waals surface area (Å²) in [5.41, 5.74) is 7.39. The second-order valence-corrected chi connectivity index (χ2v) is 4.10. The van der Waals surface area contributed by atoms with E-state index >= 15 is 0 Å². The third-order valence-corrected chi connectivity index (χ3v) is 2.65. The van der Waals surface area contributed by atoms with E-state index < -0.39 is 0 Å². The van der Waals surface area contributed by atoms with Crippen molar-refractivity contribution in [3.8, 4) is 17.2 Å². The molecule has 0 fully saturated rings. The fourth-order valence-electron chi connectivity index (χ4n) is 1.71. The van der Waals surface area contributed by atoms with Gasteiger partial charge in [-0.3, -0.25) is 0 Å². The van der Waals surface area contributed by atoms with Crippen LogP contribution in [0.5, 0.6) is 5.75 Å². The van der Waals surface area contributed by atoms with E-state index in [1.165, 1.54) is 0 Å². The van der Waals surface area contributed by atoms with E-state index in [4.69, 9.17) is 14.9 Å². The van der Waals surface area contributed by atoms with Gasteiger partial charge in [-0.05, 0) is 32.0 Å². The summed E-state index contributed by atoms with van der Waals surface area (Å²) >= 11 is 0. The van der Waals surface area contributed by atoms with Crippen LogP contribution in [-0.2, 0) is 6.42 Å². The Morgan fingerprint density at radius 2 is 2.17 bits per heavy atom. The summed E-state index contributed by atoms with van der Waals surface area (Å²) < 4.78 is 10.9. The Morgan fingerprint density at radius 3 is 2.89 bits per heavy atom. The molecule has 0 unspecified atom stereocenters. The normalized spacial score (nSPS) is 10.6. The lowest BCUT2D eigenvalue weighted by molar-refractivity contribution is 0.413. The highest BCUT2D eigenvalue weighted by Crippen LogP contribution is 2.29. The average Bonchev–Trinajstić information content (AvgIpc) is 2.85. The van der Waals surface area contributed by atoms with Crippen LogP contribution in [0.15, 0.2) is 22.6 Å². The molecule has 0 bridgehead atoms. The quantitative estimate of drug-likeness (QED) is 0.874. The first-order chi connectivity index (χ1) is 8.74. The van der Waals surface area contributed by atoms with Gasteiger partial charge in [0, 0.05) is 6.42 Å². The second-order valence-electron chi connectivity index (χ2n) is 4.10. The molecule has 0 saturated heterocycles. The molecule has 5 heteroatoms. The zero-order valence-corrected chi connectivity index (χ0v) is 10.6. The van der Waals surface area contributed by atoms with E-state index in [2.05, 4.69) is 10.2 Å². The molecule has 2 rings (SSSR count). The first-order valence-corrected chi connectivity index (χ1v) is 5.92. The molecule has 1 aromatic carbocycles. The Hall–Kier alpha value is -1.88. The highest BCUT2D eigenvalue weighted by molar-refractivity contribution is 5.63. The fourth-order valence-corrected chi connectivity index (χ4v) is 1.71. The molecular formula is C13H17N3O2. The lowest BCUT2D eigenvalue weighted by atomic mass is 10.1. The highest BCUT2D eigenvalue weighted by Gasteiger charge is 2.13. The number of hydrogen-bond donors (Lipinski definition) is 1. The van der Waals surface area contributed by atoms with Gasteiger partial charge in [0.2, 0.25) is 5.89 Å². The average molecular weight is 247 g/mol. The molecule has 2 aromatic rings. The van der Waals surface area contributed by atoms with Crippen LogP contribution in [0.4, 0.5) is 0 Å². The van der Waals surface area contributed by atoms with E-state index in [1.807, 2.05) is 25.1 Å². The number of methoxy groups -OCH3 is 1. The monoisotopic (exact) mass is 247 g/mol. The molecule has 1 heterocycles. The molecule has 18 heavy (non-hydrogen) atoms. The zero-order chi connectivity index (χ0) is 13.0. The number of benzene rings is 1.